The number of aryl methyl sites for hydroxylation is 1. The van der Waals surface area contributed by atoms with E-state index in [1.165, 1.54) is 36.2 Å². The van der Waals surface area contributed by atoms with Crippen molar-refractivity contribution in [2.45, 2.75) is 71.6 Å². The van der Waals surface area contributed by atoms with Gasteiger partial charge in [-0.3, -0.25) is 34.3 Å². The first-order chi connectivity index (χ1) is 28.0. The lowest BCUT2D eigenvalue weighted by molar-refractivity contribution is -0.137. The van der Waals surface area contributed by atoms with Crippen molar-refractivity contribution in [1.82, 2.24) is 40.0 Å². The fourth-order valence-corrected chi connectivity index (χ4v) is 7.87. The molecule has 2 aromatic carbocycles. The largest absolute Gasteiger partial charge is 0.350 e. The maximum absolute atomic E-state index is 14.7. The fraction of sp³-hybridized carbons (Fsp3) is 0.302. The first-order valence-electron chi connectivity index (χ1n) is 19.1. The SMILES string of the molecule is CCc1nc(-c2cccc3nc(-c4ccc(C(=O)NCCC#Cc5cccc6c5CN(C5CCC(=O)NC5=O)C6=O)nc4)c(C(F)F)cc23)c2n1CCN(C(C)=O)C2. The number of benzene rings is 2. The molecule has 1 unspecified atom stereocenters. The van der Waals surface area contributed by atoms with Gasteiger partial charge < -0.3 is 19.7 Å². The molecule has 5 amide bonds. The number of amides is 5. The highest BCUT2D eigenvalue weighted by Crippen LogP contribution is 2.38. The topological polar surface area (TPSA) is 159 Å². The average molecular weight is 785 g/mol. The maximum atomic E-state index is 14.7. The highest BCUT2D eigenvalue weighted by atomic mass is 19.3. The number of imide groups is 1. The summed E-state index contributed by atoms with van der Waals surface area (Å²) in [5, 5.41) is 5.58. The first kappa shape index (κ1) is 38.1. The molecule has 0 spiro atoms. The van der Waals surface area contributed by atoms with Gasteiger partial charge in [0, 0.05) is 91.8 Å². The molecule has 3 aliphatic rings. The average Bonchev–Trinajstić information content (AvgIpc) is 3.77. The van der Waals surface area contributed by atoms with Crippen molar-refractivity contribution in [3.8, 4) is 34.4 Å². The van der Waals surface area contributed by atoms with Crippen LogP contribution in [-0.2, 0) is 40.4 Å². The number of aromatic nitrogens is 4. The number of fused-ring (bicyclic) bond motifs is 3. The summed E-state index contributed by atoms with van der Waals surface area (Å²) in [6.45, 7) is 5.48. The number of nitrogens with zero attached hydrogens (tertiary/aromatic N) is 6. The Kier molecular flexibility index (Phi) is 10.2. The predicted octanol–water partition coefficient (Wildman–Crippen LogP) is 4.96. The number of nitrogens with one attached hydrogen (secondary N) is 2. The summed E-state index contributed by atoms with van der Waals surface area (Å²) in [7, 11) is 0. The van der Waals surface area contributed by atoms with E-state index in [0.717, 1.165) is 11.5 Å². The summed E-state index contributed by atoms with van der Waals surface area (Å²) in [6, 6.07) is 14.3. The van der Waals surface area contributed by atoms with E-state index in [1.807, 2.05) is 13.0 Å². The van der Waals surface area contributed by atoms with Crippen LogP contribution in [0.1, 0.15) is 88.6 Å². The zero-order chi connectivity index (χ0) is 40.7. The van der Waals surface area contributed by atoms with Crippen LogP contribution in [-0.4, -0.2) is 78.0 Å². The molecule has 1 saturated heterocycles. The molecular weight excluding hydrogens is 747 g/mol. The van der Waals surface area contributed by atoms with Crippen molar-refractivity contribution in [3.63, 3.8) is 0 Å². The highest BCUT2D eigenvalue weighted by molar-refractivity contribution is 6.05. The van der Waals surface area contributed by atoms with Crippen LogP contribution in [0.15, 0.2) is 60.8 Å². The quantitative estimate of drug-likeness (QED) is 0.127. The van der Waals surface area contributed by atoms with Crippen LogP contribution in [0.3, 0.4) is 0 Å². The summed E-state index contributed by atoms with van der Waals surface area (Å²) in [5.74, 6) is 5.33. The predicted molar refractivity (Wildman–Crippen MR) is 208 cm³/mol. The second kappa shape index (κ2) is 15.6. The van der Waals surface area contributed by atoms with Gasteiger partial charge in [0.1, 0.15) is 17.6 Å². The van der Waals surface area contributed by atoms with Crippen molar-refractivity contribution in [1.29, 1.82) is 0 Å². The Morgan fingerprint density at radius 1 is 1.00 bits per heavy atom. The Balaban J connectivity index is 0.957. The van der Waals surface area contributed by atoms with Gasteiger partial charge in [0.15, 0.2) is 0 Å². The van der Waals surface area contributed by atoms with Gasteiger partial charge in [-0.05, 0) is 48.4 Å². The third-order valence-corrected chi connectivity index (χ3v) is 10.8. The molecule has 0 aliphatic carbocycles. The summed E-state index contributed by atoms with van der Waals surface area (Å²) >= 11 is 0. The lowest BCUT2D eigenvalue weighted by Crippen LogP contribution is -2.52. The van der Waals surface area contributed by atoms with E-state index in [2.05, 4.69) is 37.0 Å². The second-order valence-electron chi connectivity index (χ2n) is 14.3. The van der Waals surface area contributed by atoms with Crippen LogP contribution < -0.4 is 10.6 Å². The van der Waals surface area contributed by atoms with Crippen molar-refractivity contribution in [2.24, 2.45) is 0 Å². The number of halogens is 2. The summed E-state index contributed by atoms with van der Waals surface area (Å²) in [6.07, 6.45) is -0.121. The number of carbonyl (C=O) groups excluding carboxylic acids is 5. The molecule has 3 aliphatic heterocycles. The molecule has 13 nitrogen and oxygen atoms in total. The van der Waals surface area contributed by atoms with Gasteiger partial charge in [-0.25, -0.2) is 18.7 Å². The van der Waals surface area contributed by atoms with Crippen molar-refractivity contribution >= 4 is 40.4 Å². The molecular formula is C43H38F2N8O5. The Hall–Kier alpha value is -6.82. The molecule has 1 atom stereocenters. The minimum atomic E-state index is -2.86. The minimum absolute atomic E-state index is 0.0436. The minimum Gasteiger partial charge on any atom is -0.350 e. The number of hydrogen-bond acceptors (Lipinski definition) is 8. The van der Waals surface area contributed by atoms with Crippen LogP contribution in [0.2, 0.25) is 0 Å². The summed E-state index contributed by atoms with van der Waals surface area (Å²) in [4.78, 5) is 79.4. The number of pyridine rings is 2. The number of rotatable bonds is 8. The Labute approximate surface area is 331 Å². The molecule has 15 heteroatoms. The number of alkyl halides is 2. The molecule has 5 aromatic rings. The number of piperidine rings is 1. The van der Waals surface area contributed by atoms with Gasteiger partial charge in [-0.2, -0.15) is 0 Å². The van der Waals surface area contributed by atoms with E-state index in [1.54, 1.807) is 35.2 Å². The second-order valence-corrected chi connectivity index (χ2v) is 14.3. The Bertz CT molecular complexity index is 2590. The molecule has 0 bridgehead atoms. The number of imidazole rings is 1. The molecule has 294 valence electrons. The zero-order valence-corrected chi connectivity index (χ0v) is 31.8. The monoisotopic (exact) mass is 784 g/mol. The lowest BCUT2D eigenvalue weighted by atomic mass is 9.99. The molecule has 58 heavy (non-hydrogen) atoms. The molecule has 0 saturated carbocycles. The van der Waals surface area contributed by atoms with Gasteiger partial charge in [0.2, 0.25) is 17.7 Å². The van der Waals surface area contributed by atoms with Crippen LogP contribution in [0, 0.1) is 11.8 Å². The van der Waals surface area contributed by atoms with Crippen molar-refractivity contribution < 1.29 is 32.8 Å². The Morgan fingerprint density at radius 2 is 1.81 bits per heavy atom. The van der Waals surface area contributed by atoms with Crippen molar-refractivity contribution in [3.05, 3.63) is 100 Å². The first-order valence-corrected chi connectivity index (χ1v) is 19.1. The molecule has 8 rings (SSSR count). The summed E-state index contributed by atoms with van der Waals surface area (Å²) < 4.78 is 31.6. The summed E-state index contributed by atoms with van der Waals surface area (Å²) in [5.41, 5.74) is 4.61. The van der Waals surface area contributed by atoms with E-state index >= 15 is 0 Å². The van der Waals surface area contributed by atoms with Gasteiger partial charge in [0.05, 0.1) is 29.1 Å². The maximum Gasteiger partial charge on any atom is 0.269 e. The van der Waals surface area contributed by atoms with Gasteiger partial charge >= 0.3 is 0 Å². The van der Waals surface area contributed by atoms with E-state index in [4.69, 9.17) is 4.98 Å². The zero-order valence-electron chi connectivity index (χ0n) is 31.8. The van der Waals surface area contributed by atoms with Gasteiger partial charge in [0.25, 0.3) is 18.2 Å². The standard InChI is InChI=1S/C43H38F2N8O5/c1-3-36-49-39(35-23-51(24(2)54)18-19-52(35)36)27-10-7-12-32-29(27)20-30(40(44)45)38(48-32)26-13-14-33(47-21-26)41(56)46-17-5-4-8-25-9-6-11-28-31(25)22-53(43(28)58)34-15-16-37(55)50-42(34)57/h6-7,9-14,20-21,34,40H,3,5,15-19,22-23H2,1-2H3,(H,46,56)(H,50,55,57). The van der Waals surface area contributed by atoms with E-state index < -0.39 is 24.3 Å². The van der Waals surface area contributed by atoms with Crippen LogP contribution in [0.4, 0.5) is 8.78 Å². The fourth-order valence-electron chi connectivity index (χ4n) is 7.87. The van der Waals surface area contributed by atoms with Crippen molar-refractivity contribution in [2.75, 3.05) is 13.1 Å². The number of hydrogen-bond donors (Lipinski definition) is 2. The van der Waals surface area contributed by atoms with Crippen LogP contribution in [0.5, 0.6) is 0 Å². The smallest absolute Gasteiger partial charge is 0.269 e. The Morgan fingerprint density at radius 3 is 2.55 bits per heavy atom. The van der Waals surface area contributed by atoms with E-state index in [-0.39, 0.29) is 67.0 Å². The highest BCUT2D eigenvalue weighted by Gasteiger charge is 2.39. The van der Waals surface area contributed by atoms with Gasteiger partial charge in [-0.1, -0.05) is 37.0 Å². The number of carbonyl (C=O) groups is 5. The molecule has 6 heterocycles. The lowest BCUT2D eigenvalue weighted by Gasteiger charge is -2.29. The normalized spacial score (nSPS) is 16.2. The van der Waals surface area contributed by atoms with E-state index in [9.17, 15) is 32.8 Å². The third-order valence-electron chi connectivity index (χ3n) is 10.8. The van der Waals surface area contributed by atoms with Crippen LogP contribution >= 0.6 is 0 Å². The molecule has 2 N–H and O–H groups in total. The molecule has 0 radical (unpaired) electrons. The van der Waals surface area contributed by atoms with E-state index in [0.29, 0.717) is 70.5 Å². The van der Waals surface area contributed by atoms with Gasteiger partial charge in [-0.15, -0.1) is 0 Å². The molecule has 3 aromatic heterocycles. The van der Waals surface area contributed by atoms with Crippen LogP contribution in [0.25, 0.3) is 33.4 Å². The third kappa shape index (κ3) is 7.06. The molecule has 1 fully saturated rings.